The van der Waals surface area contributed by atoms with Gasteiger partial charge in [-0.25, -0.2) is 0 Å². The number of nitrogens with one attached hydrogen (secondary N) is 1. The van der Waals surface area contributed by atoms with Crippen LogP contribution in [0, 0.1) is 0 Å². The predicted octanol–water partition coefficient (Wildman–Crippen LogP) is 2.86. The Bertz CT molecular complexity index is 656. The third-order valence-corrected chi connectivity index (χ3v) is 3.22. The Labute approximate surface area is 130 Å². The van der Waals surface area contributed by atoms with Crippen LogP contribution in [0.3, 0.4) is 0 Å². The number of nitrogen functional groups attached to an aromatic ring is 1. The molecule has 0 saturated heterocycles. The Morgan fingerprint density at radius 2 is 1.95 bits per heavy atom. The fourth-order valence-electron chi connectivity index (χ4n) is 2.03. The van der Waals surface area contributed by atoms with E-state index >= 15 is 0 Å². The van der Waals surface area contributed by atoms with Crippen molar-refractivity contribution in [1.29, 1.82) is 0 Å². The zero-order valence-corrected chi connectivity index (χ0v) is 12.8. The van der Waals surface area contributed by atoms with E-state index in [1.807, 2.05) is 25.1 Å². The first-order valence-corrected chi connectivity index (χ1v) is 7.07. The van der Waals surface area contributed by atoms with E-state index in [-0.39, 0.29) is 12.5 Å². The number of ether oxygens (including phenoxy) is 2. The van der Waals surface area contributed by atoms with E-state index in [2.05, 4.69) is 5.32 Å². The van der Waals surface area contributed by atoms with Crippen LogP contribution in [0.4, 0.5) is 11.4 Å². The van der Waals surface area contributed by atoms with Crippen LogP contribution in [0.25, 0.3) is 0 Å². The number of hydrogen-bond acceptors (Lipinski definition) is 4. The van der Waals surface area contributed by atoms with Gasteiger partial charge in [-0.2, -0.15) is 0 Å². The first-order valence-electron chi connectivity index (χ1n) is 7.07. The summed E-state index contributed by atoms with van der Waals surface area (Å²) >= 11 is 0. The highest BCUT2D eigenvalue weighted by Crippen LogP contribution is 2.20. The standard InChI is InChI=1S/C17H20N2O3/c1-3-12-7-8-13(9-16(12)18)19-17(20)11-22-15-6-4-5-14(10-15)21-2/h4-10H,3,11,18H2,1-2H3,(H,19,20). The Morgan fingerprint density at radius 1 is 1.18 bits per heavy atom. The molecule has 0 spiro atoms. The molecular formula is C17H20N2O3. The minimum absolute atomic E-state index is 0.0808. The number of anilines is 2. The summed E-state index contributed by atoms with van der Waals surface area (Å²) in [6, 6.07) is 12.6. The molecule has 2 rings (SSSR count). The van der Waals surface area contributed by atoms with Crippen LogP contribution >= 0.6 is 0 Å². The third-order valence-electron chi connectivity index (χ3n) is 3.22. The molecule has 5 nitrogen and oxygen atoms in total. The smallest absolute Gasteiger partial charge is 0.262 e. The number of aryl methyl sites for hydroxylation is 1. The number of benzene rings is 2. The summed E-state index contributed by atoms with van der Waals surface area (Å²) in [5.74, 6) is 1.02. The van der Waals surface area contributed by atoms with Gasteiger partial charge in [0.1, 0.15) is 11.5 Å². The molecule has 0 aliphatic rings. The number of carbonyl (C=O) groups is 1. The molecule has 0 aliphatic carbocycles. The van der Waals surface area contributed by atoms with Crippen molar-refractivity contribution in [2.75, 3.05) is 24.8 Å². The number of amides is 1. The Kier molecular flexibility index (Phi) is 5.25. The number of hydrogen-bond donors (Lipinski definition) is 2. The van der Waals surface area contributed by atoms with E-state index in [1.54, 1.807) is 31.4 Å². The maximum atomic E-state index is 11.9. The highest BCUT2D eigenvalue weighted by atomic mass is 16.5. The van der Waals surface area contributed by atoms with Gasteiger partial charge in [-0.3, -0.25) is 4.79 Å². The second-order valence-corrected chi connectivity index (χ2v) is 4.78. The van der Waals surface area contributed by atoms with Crippen molar-refractivity contribution in [2.24, 2.45) is 0 Å². The lowest BCUT2D eigenvalue weighted by Gasteiger charge is -2.10. The van der Waals surface area contributed by atoms with Gasteiger partial charge in [-0.05, 0) is 36.2 Å². The average molecular weight is 300 g/mol. The van der Waals surface area contributed by atoms with E-state index < -0.39 is 0 Å². The normalized spacial score (nSPS) is 10.1. The molecule has 0 aromatic heterocycles. The van der Waals surface area contributed by atoms with Crippen LogP contribution in [0.1, 0.15) is 12.5 Å². The second-order valence-electron chi connectivity index (χ2n) is 4.78. The SMILES string of the molecule is CCc1ccc(NC(=O)COc2cccc(OC)c2)cc1N. The zero-order valence-electron chi connectivity index (χ0n) is 12.8. The van der Waals surface area contributed by atoms with Crippen molar-refractivity contribution >= 4 is 17.3 Å². The maximum Gasteiger partial charge on any atom is 0.262 e. The highest BCUT2D eigenvalue weighted by Gasteiger charge is 2.06. The molecule has 0 heterocycles. The molecule has 0 aliphatic heterocycles. The molecule has 2 aromatic rings. The quantitative estimate of drug-likeness (QED) is 0.805. The number of rotatable bonds is 6. The number of nitrogens with two attached hydrogens (primary N) is 1. The summed E-state index contributed by atoms with van der Waals surface area (Å²) < 4.78 is 10.5. The van der Waals surface area contributed by atoms with Crippen molar-refractivity contribution < 1.29 is 14.3 Å². The molecule has 116 valence electrons. The maximum absolute atomic E-state index is 11.9. The van der Waals surface area contributed by atoms with Gasteiger partial charge in [-0.1, -0.05) is 19.1 Å². The lowest BCUT2D eigenvalue weighted by atomic mass is 10.1. The van der Waals surface area contributed by atoms with Crippen LogP contribution in [-0.4, -0.2) is 19.6 Å². The van der Waals surface area contributed by atoms with Crippen molar-refractivity contribution in [2.45, 2.75) is 13.3 Å². The Hall–Kier alpha value is -2.69. The largest absolute Gasteiger partial charge is 0.497 e. The van der Waals surface area contributed by atoms with Crippen LogP contribution in [0.2, 0.25) is 0 Å². The minimum Gasteiger partial charge on any atom is -0.497 e. The van der Waals surface area contributed by atoms with Crippen molar-refractivity contribution in [3.8, 4) is 11.5 Å². The Morgan fingerprint density at radius 3 is 2.64 bits per heavy atom. The summed E-state index contributed by atoms with van der Waals surface area (Å²) in [5, 5.41) is 2.76. The molecule has 1 amide bonds. The predicted molar refractivity (Wildman–Crippen MR) is 87.4 cm³/mol. The van der Waals surface area contributed by atoms with E-state index in [1.165, 1.54) is 0 Å². The molecule has 2 aromatic carbocycles. The molecule has 0 atom stereocenters. The zero-order chi connectivity index (χ0) is 15.9. The monoisotopic (exact) mass is 300 g/mol. The van der Waals surface area contributed by atoms with Gasteiger partial charge < -0.3 is 20.5 Å². The van der Waals surface area contributed by atoms with Gasteiger partial charge in [0.2, 0.25) is 0 Å². The molecular weight excluding hydrogens is 280 g/mol. The number of methoxy groups -OCH3 is 1. The molecule has 0 unspecified atom stereocenters. The second kappa shape index (κ2) is 7.36. The summed E-state index contributed by atoms with van der Waals surface area (Å²) in [4.78, 5) is 11.9. The molecule has 0 saturated carbocycles. The molecule has 5 heteroatoms. The van der Waals surface area contributed by atoms with Crippen LogP contribution in [0.5, 0.6) is 11.5 Å². The summed E-state index contributed by atoms with van der Waals surface area (Å²) in [7, 11) is 1.58. The third kappa shape index (κ3) is 4.15. The number of carbonyl (C=O) groups excluding carboxylic acids is 1. The molecule has 3 N–H and O–H groups in total. The van der Waals surface area contributed by atoms with Gasteiger partial charge in [0, 0.05) is 17.4 Å². The molecule has 22 heavy (non-hydrogen) atoms. The fourth-order valence-corrected chi connectivity index (χ4v) is 2.03. The molecule has 0 fully saturated rings. The lowest BCUT2D eigenvalue weighted by Crippen LogP contribution is -2.20. The van der Waals surface area contributed by atoms with Gasteiger partial charge in [-0.15, -0.1) is 0 Å². The summed E-state index contributed by atoms with van der Waals surface area (Å²) in [5.41, 5.74) is 8.30. The van der Waals surface area contributed by atoms with E-state index in [4.69, 9.17) is 15.2 Å². The minimum atomic E-state index is -0.244. The molecule has 0 radical (unpaired) electrons. The molecule has 0 bridgehead atoms. The van der Waals surface area contributed by atoms with E-state index in [0.717, 1.165) is 12.0 Å². The Balaban J connectivity index is 1.91. The van der Waals surface area contributed by atoms with Gasteiger partial charge >= 0.3 is 0 Å². The van der Waals surface area contributed by atoms with Gasteiger partial charge in [0.25, 0.3) is 5.91 Å². The van der Waals surface area contributed by atoms with Crippen molar-refractivity contribution in [3.05, 3.63) is 48.0 Å². The van der Waals surface area contributed by atoms with Crippen molar-refractivity contribution in [3.63, 3.8) is 0 Å². The fraction of sp³-hybridized carbons (Fsp3) is 0.235. The average Bonchev–Trinajstić information content (AvgIpc) is 2.53. The van der Waals surface area contributed by atoms with Crippen LogP contribution in [0.15, 0.2) is 42.5 Å². The lowest BCUT2D eigenvalue weighted by molar-refractivity contribution is -0.118. The van der Waals surface area contributed by atoms with E-state index in [9.17, 15) is 4.79 Å². The van der Waals surface area contributed by atoms with Crippen LogP contribution in [-0.2, 0) is 11.2 Å². The van der Waals surface area contributed by atoms with E-state index in [0.29, 0.717) is 22.9 Å². The highest BCUT2D eigenvalue weighted by molar-refractivity contribution is 5.92. The van der Waals surface area contributed by atoms with Crippen molar-refractivity contribution in [1.82, 2.24) is 0 Å². The van der Waals surface area contributed by atoms with Crippen LogP contribution < -0.4 is 20.5 Å². The topological polar surface area (TPSA) is 73.6 Å². The summed E-state index contributed by atoms with van der Waals surface area (Å²) in [6.07, 6.45) is 0.860. The first-order chi connectivity index (χ1) is 10.6. The van der Waals surface area contributed by atoms with Gasteiger partial charge in [0.15, 0.2) is 6.61 Å². The van der Waals surface area contributed by atoms with Gasteiger partial charge in [0.05, 0.1) is 7.11 Å². The first kappa shape index (κ1) is 15.7. The summed E-state index contributed by atoms with van der Waals surface area (Å²) in [6.45, 7) is 1.95.